The van der Waals surface area contributed by atoms with E-state index in [1.807, 2.05) is 0 Å². The van der Waals surface area contributed by atoms with Crippen LogP contribution in [-0.2, 0) is 21.4 Å². The molecular weight excluding hydrogens is 489 g/mol. The molecule has 2 aromatic rings. The van der Waals surface area contributed by atoms with Crippen molar-refractivity contribution in [2.24, 2.45) is 5.92 Å². The topological polar surface area (TPSA) is 103 Å². The Labute approximate surface area is 191 Å². The molecule has 1 aliphatic carbocycles. The van der Waals surface area contributed by atoms with Gasteiger partial charge in [0.1, 0.15) is 5.75 Å². The van der Waals surface area contributed by atoms with Crippen LogP contribution in [0.25, 0.3) is 0 Å². The van der Waals surface area contributed by atoms with Crippen molar-refractivity contribution in [1.29, 1.82) is 0 Å². The summed E-state index contributed by atoms with van der Waals surface area (Å²) in [6.07, 6.45) is -5.08. The zero-order chi connectivity index (χ0) is 25.3. The number of sulfone groups is 1. The molecule has 2 heterocycles. The largest absolute Gasteiger partial charge is 0.484 e. The molecule has 4 rings (SSSR count). The lowest BCUT2D eigenvalue weighted by Gasteiger charge is -2.25. The van der Waals surface area contributed by atoms with Gasteiger partial charge in [0.2, 0.25) is 5.89 Å². The van der Waals surface area contributed by atoms with Crippen LogP contribution in [0.3, 0.4) is 0 Å². The number of nitrogens with zero attached hydrogens (tertiary/aromatic N) is 3. The first-order valence-electron chi connectivity index (χ1n) is 10.1. The van der Waals surface area contributed by atoms with E-state index in [0.29, 0.717) is 13.3 Å². The van der Waals surface area contributed by atoms with Gasteiger partial charge in [0.15, 0.2) is 15.9 Å². The standard InChI is InChI=1S/C20H20F5N3O5S/c1-10(18(2,21)22)32-14-5-4-12(34(3,30)31)6-13(14)15(29)28-8-11-7-19(11,9-28)16-26-27-17(33-16)20(23,24)25/h4-6,10-11H,7-9H2,1-3H3. The predicted octanol–water partition coefficient (Wildman–Crippen LogP) is 3.33. The zero-order valence-electron chi connectivity index (χ0n) is 18.2. The summed E-state index contributed by atoms with van der Waals surface area (Å²) in [7, 11) is -3.74. The number of aromatic nitrogens is 2. The average Bonchev–Trinajstić information content (AvgIpc) is 3.07. The highest BCUT2D eigenvalue weighted by Crippen LogP contribution is 2.59. The highest BCUT2D eigenvalue weighted by molar-refractivity contribution is 7.90. The highest BCUT2D eigenvalue weighted by atomic mass is 32.2. The van der Waals surface area contributed by atoms with Crippen LogP contribution in [-0.4, -0.2) is 60.8 Å². The Bertz CT molecular complexity index is 1240. The molecule has 1 amide bonds. The number of hydrogen-bond acceptors (Lipinski definition) is 7. The number of halogens is 5. The molecule has 2 fully saturated rings. The third-order valence-corrected chi connectivity index (χ3v) is 7.26. The minimum absolute atomic E-state index is 0.0575. The van der Waals surface area contributed by atoms with Gasteiger partial charge in [-0.25, -0.2) is 17.2 Å². The molecule has 0 N–H and O–H groups in total. The second-order valence-electron chi connectivity index (χ2n) is 8.80. The quantitative estimate of drug-likeness (QED) is 0.551. The first-order chi connectivity index (χ1) is 15.5. The first kappa shape index (κ1) is 24.4. The van der Waals surface area contributed by atoms with E-state index in [0.717, 1.165) is 31.4 Å². The number of alkyl halides is 5. The average molecular weight is 509 g/mol. The molecule has 1 aromatic heterocycles. The number of likely N-dealkylation sites (tertiary alicyclic amines) is 1. The summed E-state index contributed by atoms with van der Waals surface area (Å²) in [4.78, 5) is 14.4. The molecule has 0 bridgehead atoms. The van der Waals surface area contributed by atoms with Crippen LogP contribution in [0, 0.1) is 5.92 Å². The van der Waals surface area contributed by atoms with Crippen molar-refractivity contribution in [1.82, 2.24) is 15.1 Å². The summed E-state index contributed by atoms with van der Waals surface area (Å²) in [6, 6.07) is 3.31. The van der Waals surface area contributed by atoms with Crippen LogP contribution in [0.1, 0.15) is 42.4 Å². The number of carbonyl (C=O) groups is 1. The molecule has 0 spiro atoms. The van der Waals surface area contributed by atoms with Crippen molar-refractivity contribution >= 4 is 15.7 Å². The molecule has 3 unspecified atom stereocenters. The number of carbonyl (C=O) groups excluding carboxylic acids is 1. The second-order valence-corrected chi connectivity index (χ2v) is 10.8. The van der Waals surface area contributed by atoms with Gasteiger partial charge in [-0.3, -0.25) is 4.79 Å². The van der Waals surface area contributed by atoms with Crippen molar-refractivity contribution in [3.05, 3.63) is 35.5 Å². The third-order valence-electron chi connectivity index (χ3n) is 6.15. The summed E-state index contributed by atoms with van der Waals surface area (Å²) in [5.41, 5.74) is -1.19. The SMILES string of the molecule is CC(Oc1ccc(S(C)(=O)=O)cc1C(=O)N1CC2CC2(c2nnc(C(F)(F)F)o2)C1)C(C)(F)F. The van der Waals surface area contributed by atoms with Gasteiger partial charge < -0.3 is 14.1 Å². The smallest absolute Gasteiger partial charge is 0.470 e. The van der Waals surface area contributed by atoms with Gasteiger partial charge in [0, 0.05) is 26.3 Å². The normalized spacial score (nSPS) is 23.5. The summed E-state index contributed by atoms with van der Waals surface area (Å²) < 4.78 is 100.0. The number of fused-ring (bicyclic) bond motifs is 1. The van der Waals surface area contributed by atoms with E-state index in [4.69, 9.17) is 9.15 Å². The molecule has 34 heavy (non-hydrogen) atoms. The molecule has 3 atom stereocenters. The number of hydrogen-bond donors (Lipinski definition) is 0. The van der Waals surface area contributed by atoms with Gasteiger partial charge in [-0.2, -0.15) is 13.2 Å². The van der Waals surface area contributed by atoms with Crippen LogP contribution in [0.15, 0.2) is 27.5 Å². The Morgan fingerprint density at radius 1 is 1.26 bits per heavy atom. The van der Waals surface area contributed by atoms with Crippen molar-refractivity contribution in [3.8, 4) is 5.75 Å². The molecule has 0 radical (unpaired) electrons. The Morgan fingerprint density at radius 2 is 1.94 bits per heavy atom. The van der Waals surface area contributed by atoms with E-state index in [1.54, 1.807) is 0 Å². The molecule has 1 saturated heterocycles. The lowest BCUT2D eigenvalue weighted by atomic mass is 10.1. The van der Waals surface area contributed by atoms with Crippen LogP contribution in [0.4, 0.5) is 22.0 Å². The maximum absolute atomic E-state index is 13.7. The Kier molecular flexibility index (Phi) is 5.46. The van der Waals surface area contributed by atoms with Gasteiger partial charge in [-0.15, -0.1) is 10.2 Å². The molecule has 8 nitrogen and oxygen atoms in total. The minimum Gasteiger partial charge on any atom is -0.484 e. The Morgan fingerprint density at radius 3 is 2.50 bits per heavy atom. The van der Waals surface area contributed by atoms with Gasteiger partial charge >= 0.3 is 12.1 Å². The number of ether oxygens (including phenoxy) is 1. The van der Waals surface area contributed by atoms with E-state index in [-0.39, 0.29) is 41.1 Å². The molecule has 186 valence electrons. The Balaban J connectivity index is 1.63. The van der Waals surface area contributed by atoms with Crippen LogP contribution in [0.5, 0.6) is 5.75 Å². The highest BCUT2D eigenvalue weighted by Gasteiger charge is 2.65. The van der Waals surface area contributed by atoms with Gasteiger partial charge in [0.05, 0.1) is 15.9 Å². The second kappa shape index (κ2) is 7.62. The summed E-state index contributed by atoms with van der Waals surface area (Å²) in [5.74, 6) is -6.16. The zero-order valence-corrected chi connectivity index (χ0v) is 19.0. The fraction of sp³-hybridized carbons (Fsp3) is 0.550. The fourth-order valence-corrected chi connectivity index (χ4v) is 4.63. The van der Waals surface area contributed by atoms with Crippen LogP contribution in [0.2, 0.25) is 0 Å². The summed E-state index contributed by atoms with van der Waals surface area (Å²) in [5, 5.41) is 6.55. The van der Waals surface area contributed by atoms with Crippen molar-refractivity contribution in [2.75, 3.05) is 19.3 Å². The van der Waals surface area contributed by atoms with E-state index in [2.05, 4.69) is 10.2 Å². The lowest BCUT2D eigenvalue weighted by Crippen LogP contribution is -2.35. The monoisotopic (exact) mass is 509 g/mol. The van der Waals surface area contributed by atoms with E-state index < -0.39 is 45.3 Å². The number of benzene rings is 1. The van der Waals surface area contributed by atoms with Crippen LogP contribution < -0.4 is 4.74 Å². The van der Waals surface area contributed by atoms with E-state index in [9.17, 15) is 35.2 Å². The van der Waals surface area contributed by atoms with E-state index >= 15 is 0 Å². The van der Waals surface area contributed by atoms with Crippen LogP contribution >= 0.6 is 0 Å². The third kappa shape index (κ3) is 4.34. The van der Waals surface area contributed by atoms with Gasteiger partial charge in [0.25, 0.3) is 11.8 Å². The predicted molar refractivity (Wildman–Crippen MR) is 105 cm³/mol. The van der Waals surface area contributed by atoms with Crippen molar-refractivity contribution in [3.63, 3.8) is 0 Å². The number of piperidine rings is 1. The fourth-order valence-electron chi connectivity index (χ4n) is 3.98. The van der Waals surface area contributed by atoms with Gasteiger partial charge in [-0.05, 0) is 37.5 Å². The van der Waals surface area contributed by atoms with Crippen molar-refractivity contribution in [2.45, 2.75) is 48.8 Å². The number of rotatable bonds is 6. The molecule has 1 aromatic carbocycles. The molecule has 2 aliphatic rings. The summed E-state index contributed by atoms with van der Waals surface area (Å²) in [6.45, 7) is 1.82. The lowest BCUT2D eigenvalue weighted by molar-refractivity contribution is -0.157. The maximum atomic E-state index is 13.7. The van der Waals surface area contributed by atoms with E-state index in [1.165, 1.54) is 4.90 Å². The van der Waals surface area contributed by atoms with Crippen molar-refractivity contribution < 1.29 is 44.3 Å². The molecule has 14 heteroatoms. The Hall–Kier alpha value is -2.77. The molecule has 1 aliphatic heterocycles. The molecular formula is C20H20F5N3O5S. The first-order valence-corrected chi connectivity index (χ1v) is 12.0. The number of amides is 1. The summed E-state index contributed by atoms with van der Waals surface area (Å²) >= 11 is 0. The van der Waals surface area contributed by atoms with Gasteiger partial charge in [-0.1, -0.05) is 0 Å². The minimum atomic E-state index is -4.81. The molecule has 1 saturated carbocycles. The maximum Gasteiger partial charge on any atom is 0.470 e.